The molecule has 0 aliphatic heterocycles. The second-order valence-electron chi connectivity index (χ2n) is 19.6. The van der Waals surface area contributed by atoms with E-state index in [0.717, 1.165) is 96.3 Å². The zero-order valence-electron chi connectivity index (χ0n) is 44.7. The first-order chi connectivity index (χ1) is 33.0. The summed E-state index contributed by atoms with van der Waals surface area (Å²) in [5, 5.41) is 0. The first kappa shape index (κ1) is 64.4. The molecule has 0 radical (unpaired) electrons. The van der Waals surface area contributed by atoms with Crippen molar-refractivity contribution in [1.82, 2.24) is 0 Å². The Kier molecular flexibility index (Phi) is 53.8. The zero-order valence-corrected chi connectivity index (χ0v) is 44.7. The zero-order chi connectivity index (χ0) is 48.6. The minimum absolute atomic E-state index is 0.0766. The fraction of sp³-hybridized carbons (Fsp3) is 0.820. The van der Waals surface area contributed by atoms with Gasteiger partial charge in [0.1, 0.15) is 13.2 Å². The van der Waals surface area contributed by atoms with Crippen LogP contribution in [-0.4, -0.2) is 37.2 Å². The van der Waals surface area contributed by atoms with Gasteiger partial charge in [-0.1, -0.05) is 249 Å². The normalized spacial score (nSPS) is 12.3. The molecule has 0 saturated carbocycles. The molecule has 0 amide bonds. The average molecular weight is 940 g/mol. The molecular formula is C61H110O6. The number of ether oxygens (including phenoxy) is 3. The molecule has 0 rings (SSSR count). The molecule has 67 heavy (non-hydrogen) atoms. The number of rotatable bonds is 53. The van der Waals surface area contributed by atoms with E-state index in [1.807, 2.05) is 0 Å². The summed E-state index contributed by atoms with van der Waals surface area (Å²) >= 11 is 0. The molecule has 390 valence electrons. The Morgan fingerprint density at radius 2 is 0.537 bits per heavy atom. The van der Waals surface area contributed by atoms with Crippen LogP contribution in [-0.2, 0) is 28.6 Å². The summed E-state index contributed by atoms with van der Waals surface area (Å²) in [6.07, 6.45) is 68.8. The summed E-state index contributed by atoms with van der Waals surface area (Å²) in [6, 6.07) is 0. The maximum Gasteiger partial charge on any atom is 0.306 e. The highest BCUT2D eigenvalue weighted by atomic mass is 16.6. The Morgan fingerprint density at radius 3 is 0.851 bits per heavy atom. The van der Waals surface area contributed by atoms with E-state index in [1.165, 1.54) is 167 Å². The molecule has 6 nitrogen and oxygen atoms in total. The lowest BCUT2D eigenvalue weighted by molar-refractivity contribution is -0.167. The van der Waals surface area contributed by atoms with Gasteiger partial charge >= 0.3 is 17.9 Å². The highest BCUT2D eigenvalue weighted by Gasteiger charge is 2.19. The van der Waals surface area contributed by atoms with Gasteiger partial charge in [0, 0.05) is 19.3 Å². The molecule has 0 aromatic heterocycles. The molecule has 0 N–H and O–H groups in total. The Balaban J connectivity index is 3.98. The topological polar surface area (TPSA) is 78.9 Å². The van der Waals surface area contributed by atoms with E-state index in [9.17, 15) is 14.4 Å². The monoisotopic (exact) mass is 939 g/mol. The van der Waals surface area contributed by atoms with E-state index >= 15 is 0 Å². The van der Waals surface area contributed by atoms with Crippen molar-refractivity contribution in [2.45, 2.75) is 309 Å². The van der Waals surface area contributed by atoms with Gasteiger partial charge in [0.05, 0.1) is 0 Å². The molecule has 1 atom stereocenters. The molecule has 0 aliphatic carbocycles. The second kappa shape index (κ2) is 56.0. The van der Waals surface area contributed by atoms with Crippen molar-refractivity contribution < 1.29 is 28.6 Å². The third-order valence-electron chi connectivity index (χ3n) is 12.8. The van der Waals surface area contributed by atoms with Gasteiger partial charge in [0.2, 0.25) is 0 Å². The lowest BCUT2D eigenvalue weighted by atomic mass is 10.0. The molecule has 0 aliphatic rings. The number of esters is 3. The van der Waals surface area contributed by atoms with Gasteiger partial charge in [-0.2, -0.15) is 0 Å². The van der Waals surface area contributed by atoms with Crippen LogP contribution in [0.5, 0.6) is 0 Å². The van der Waals surface area contributed by atoms with E-state index in [0.29, 0.717) is 19.3 Å². The standard InChI is InChI=1S/C61H110O6/c1-4-7-10-13-15-17-19-21-23-24-25-26-27-28-29-30-31-32-33-34-35-36-38-39-41-43-45-48-51-54-60(63)66-57-58(56-65-59(62)53-50-47-12-9-6-3)67-61(64)55-52-49-46-44-42-40-37-22-20-18-16-14-11-8-5-2/h16,18-19,21-22,24-25,37,58H,4-15,17,20,23,26-36,38-57H2,1-3H3/b18-16-,21-19-,25-24-,37-22-. The maximum atomic E-state index is 12.7. The molecule has 0 aromatic carbocycles. The molecule has 1 unspecified atom stereocenters. The number of unbranched alkanes of at least 4 members (excludes halogenated alkanes) is 34. The summed E-state index contributed by atoms with van der Waals surface area (Å²) in [6.45, 7) is 6.53. The molecule has 0 aromatic rings. The van der Waals surface area contributed by atoms with Crippen molar-refractivity contribution in [3.63, 3.8) is 0 Å². The molecule has 0 saturated heterocycles. The molecule has 0 bridgehead atoms. The Bertz CT molecular complexity index is 1170. The first-order valence-electron chi connectivity index (χ1n) is 29.1. The molecule has 0 heterocycles. The maximum absolute atomic E-state index is 12.7. The van der Waals surface area contributed by atoms with Gasteiger partial charge in [-0.3, -0.25) is 14.4 Å². The van der Waals surface area contributed by atoms with Crippen LogP contribution in [0.4, 0.5) is 0 Å². The number of allylic oxidation sites excluding steroid dienone is 8. The second-order valence-corrected chi connectivity index (χ2v) is 19.6. The van der Waals surface area contributed by atoms with Gasteiger partial charge in [-0.25, -0.2) is 0 Å². The van der Waals surface area contributed by atoms with Gasteiger partial charge in [-0.15, -0.1) is 0 Å². The largest absolute Gasteiger partial charge is 0.462 e. The van der Waals surface area contributed by atoms with Crippen molar-refractivity contribution in [2.75, 3.05) is 13.2 Å². The number of carbonyl (C=O) groups excluding carboxylic acids is 3. The van der Waals surface area contributed by atoms with Crippen LogP contribution < -0.4 is 0 Å². The van der Waals surface area contributed by atoms with Crippen molar-refractivity contribution in [1.29, 1.82) is 0 Å². The fourth-order valence-electron chi connectivity index (χ4n) is 8.39. The smallest absolute Gasteiger partial charge is 0.306 e. The third-order valence-corrected chi connectivity index (χ3v) is 12.8. The lowest BCUT2D eigenvalue weighted by Gasteiger charge is -2.18. The Labute approximate surface area is 416 Å². The number of hydrogen-bond acceptors (Lipinski definition) is 6. The van der Waals surface area contributed by atoms with E-state index in [1.54, 1.807) is 0 Å². The predicted octanol–water partition coefficient (Wildman–Crippen LogP) is 19.4. The quantitative estimate of drug-likeness (QED) is 0.0262. The van der Waals surface area contributed by atoms with E-state index in [4.69, 9.17) is 14.2 Å². The van der Waals surface area contributed by atoms with Crippen molar-refractivity contribution in [2.24, 2.45) is 0 Å². The summed E-state index contributed by atoms with van der Waals surface area (Å²) in [4.78, 5) is 37.7. The highest BCUT2D eigenvalue weighted by Crippen LogP contribution is 2.16. The van der Waals surface area contributed by atoms with Crippen LogP contribution in [0.2, 0.25) is 0 Å². The summed E-state index contributed by atoms with van der Waals surface area (Å²) in [5.41, 5.74) is 0. The van der Waals surface area contributed by atoms with Crippen LogP contribution >= 0.6 is 0 Å². The van der Waals surface area contributed by atoms with Gasteiger partial charge in [-0.05, 0) is 83.5 Å². The predicted molar refractivity (Wildman–Crippen MR) is 289 cm³/mol. The summed E-state index contributed by atoms with van der Waals surface area (Å²) in [7, 11) is 0. The van der Waals surface area contributed by atoms with Gasteiger partial charge in [0.15, 0.2) is 6.10 Å². The van der Waals surface area contributed by atoms with Gasteiger partial charge < -0.3 is 14.2 Å². The molecular weight excluding hydrogens is 829 g/mol. The van der Waals surface area contributed by atoms with E-state index < -0.39 is 6.10 Å². The van der Waals surface area contributed by atoms with Crippen molar-refractivity contribution in [3.05, 3.63) is 48.6 Å². The van der Waals surface area contributed by atoms with E-state index in [-0.39, 0.29) is 31.1 Å². The van der Waals surface area contributed by atoms with Crippen LogP contribution in [0.25, 0.3) is 0 Å². The minimum Gasteiger partial charge on any atom is -0.462 e. The molecule has 0 fully saturated rings. The first-order valence-corrected chi connectivity index (χ1v) is 29.1. The lowest BCUT2D eigenvalue weighted by Crippen LogP contribution is -2.30. The highest BCUT2D eigenvalue weighted by molar-refractivity contribution is 5.71. The Hall–Kier alpha value is -2.63. The Morgan fingerprint density at radius 1 is 0.299 bits per heavy atom. The van der Waals surface area contributed by atoms with Crippen LogP contribution in [0.1, 0.15) is 303 Å². The van der Waals surface area contributed by atoms with Crippen LogP contribution in [0.15, 0.2) is 48.6 Å². The number of carbonyl (C=O) groups is 3. The minimum atomic E-state index is -0.774. The fourth-order valence-corrected chi connectivity index (χ4v) is 8.39. The summed E-state index contributed by atoms with van der Waals surface area (Å²) in [5.74, 6) is -0.894. The van der Waals surface area contributed by atoms with Crippen molar-refractivity contribution in [3.8, 4) is 0 Å². The van der Waals surface area contributed by atoms with E-state index in [2.05, 4.69) is 69.4 Å². The third kappa shape index (κ3) is 54.2. The molecule has 6 heteroatoms. The molecule has 0 spiro atoms. The van der Waals surface area contributed by atoms with Crippen LogP contribution in [0, 0.1) is 0 Å². The number of hydrogen-bond donors (Lipinski definition) is 0. The SMILES string of the molecule is CCCCC/C=C\C/C=C\CCCCCCCC(=O)OC(COC(=O)CCCCCCC)COC(=O)CCCCCCCCCCCCCCCCCCC/C=C\C/C=C\CCCCCCC. The van der Waals surface area contributed by atoms with Gasteiger partial charge in [0.25, 0.3) is 0 Å². The van der Waals surface area contributed by atoms with Crippen molar-refractivity contribution >= 4 is 17.9 Å². The van der Waals surface area contributed by atoms with Crippen LogP contribution in [0.3, 0.4) is 0 Å². The average Bonchev–Trinajstić information content (AvgIpc) is 3.33. The summed E-state index contributed by atoms with van der Waals surface area (Å²) < 4.78 is 16.7.